The number of hydrogen-bond donors (Lipinski definition) is 4. The lowest BCUT2D eigenvalue weighted by Gasteiger charge is -2.31. The fraction of sp³-hybridized carbons (Fsp3) is 0.433. The molecule has 2 amide bonds. The average molecular weight is 628 g/mol. The molecule has 1 aliphatic heterocycles. The van der Waals surface area contributed by atoms with Crippen LogP contribution in [0.3, 0.4) is 0 Å². The van der Waals surface area contributed by atoms with Crippen LogP contribution in [-0.4, -0.2) is 79.1 Å². The van der Waals surface area contributed by atoms with Gasteiger partial charge in [-0.1, -0.05) is 31.1 Å². The molecule has 1 aromatic carbocycles. The van der Waals surface area contributed by atoms with Gasteiger partial charge in [-0.3, -0.25) is 4.79 Å². The van der Waals surface area contributed by atoms with Crippen molar-refractivity contribution in [3.05, 3.63) is 59.8 Å². The molecular formula is C30H37N5O8S. The molecule has 1 atom stereocenters. The Morgan fingerprint density at radius 2 is 1.68 bits per heavy atom. The summed E-state index contributed by atoms with van der Waals surface area (Å²) in [7, 11) is -3.38. The van der Waals surface area contributed by atoms with Gasteiger partial charge in [-0.05, 0) is 50.5 Å². The number of sulfone groups is 1. The van der Waals surface area contributed by atoms with Crippen LogP contribution in [0.15, 0.2) is 54.1 Å². The predicted octanol–water partition coefficient (Wildman–Crippen LogP) is 3.33. The maximum atomic E-state index is 12.9. The third-order valence-electron chi connectivity index (χ3n) is 8.13. The number of carboxylic acid groups (broad SMARTS) is 2. The van der Waals surface area contributed by atoms with E-state index in [9.17, 15) is 22.8 Å². The molecule has 0 spiro atoms. The van der Waals surface area contributed by atoms with E-state index < -0.39 is 38.0 Å². The van der Waals surface area contributed by atoms with E-state index in [0.29, 0.717) is 62.2 Å². The summed E-state index contributed by atoms with van der Waals surface area (Å²) in [5.74, 6) is -0.899. The second kappa shape index (κ2) is 13.1. The number of anilines is 2. The molecule has 44 heavy (non-hydrogen) atoms. The van der Waals surface area contributed by atoms with Crippen molar-refractivity contribution in [2.75, 3.05) is 42.8 Å². The summed E-state index contributed by atoms with van der Waals surface area (Å²) in [4.78, 5) is 44.0. The molecule has 0 bridgehead atoms. The van der Waals surface area contributed by atoms with Gasteiger partial charge in [-0.2, -0.15) is 0 Å². The van der Waals surface area contributed by atoms with Crippen molar-refractivity contribution in [1.29, 1.82) is 0 Å². The lowest BCUT2D eigenvalue weighted by molar-refractivity contribution is -0.145. The molecule has 1 unspecified atom stereocenters. The van der Waals surface area contributed by atoms with Gasteiger partial charge >= 0.3 is 18.0 Å². The summed E-state index contributed by atoms with van der Waals surface area (Å²) in [6.07, 6.45) is 8.57. The van der Waals surface area contributed by atoms with Gasteiger partial charge in [-0.15, -0.1) is 0 Å². The van der Waals surface area contributed by atoms with Crippen LogP contribution in [0.2, 0.25) is 0 Å². The zero-order valence-corrected chi connectivity index (χ0v) is 25.5. The van der Waals surface area contributed by atoms with E-state index >= 15 is 0 Å². The first-order chi connectivity index (χ1) is 20.7. The van der Waals surface area contributed by atoms with Gasteiger partial charge < -0.3 is 30.9 Å². The summed E-state index contributed by atoms with van der Waals surface area (Å²) in [5.41, 5.74) is 6.07. The number of urea groups is 1. The molecule has 0 radical (unpaired) electrons. The number of aromatic nitrogens is 2. The maximum absolute atomic E-state index is 12.9. The molecular weight excluding hydrogens is 590 g/mol. The number of nitrogens with two attached hydrogens (primary N) is 1. The van der Waals surface area contributed by atoms with Gasteiger partial charge in [0.05, 0.1) is 24.3 Å². The Morgan fingerprint density at radius 3 is 2.23 bits per heavy atom. The number of primary amides is 1. The number of nitrogens with one attached hydrogen (secondary N) is 1. The van der Waals surface area contributed by atoms with E-state index in [2.05, 4.69) is 10.2 Å². The number of ether oxygens (including phenoxy) is 1. The monoisotopic (exact) mass is 627 g/mol. The molecule has 2 fully saturated rings. The van der Waals surface area contributed by atoms with Gasteiger partial charge in [0.15, 0.2) is 15.7 Å². The average Bonchev–Trinajstić information content (AvgIpc) is 3.50. The van der Waals surface area contributed by atoms with Crippen LogP contribution in [0, 0.1) is 5.41 Å². The zero-order valence-electron chi connectivity index (χ0n) is 24.7. The van der Waals surface area contributed by atoms with E-state index in [1.165, 1.54) is 31.4 Å². The summed E-state index contributed by atoms with van der Waals surface area (Å²) >= 11 is 0. The number of amides is 2. The largest absolute Gasteiger partial charge is 0.481 e. The smallest absolute Gasteiger partial charge is 0.331 e. The summed E-state index contributed by atoms with van der Waals surface area (Å²) < 4.78 is 30.3. The van der Waals surface area contributed by atoms with Crippen LogP contribution >= 0.6 is 0 Å². The number of morpholine rings is 1. The quantitative estimate of drug-likeness (QED) is 0.351. The lowest BCUT2D eigenvalue weighted by atomic mass is 9.80. The molecule has 236 valence electrons. The number of rotatable bonds is 7. The summed E-state index contributed by atoms with van der Waals surface area (Å²) in [6, 6.07) is 8.20. The number of nitrogens with zero attached hydrogens (tertiary/aromatic N) is 3. The van der Waals surface area contributed by atoms with Crippen LogP contribution in [-0.2, 0) is 28.9 Å². The molecule has 5 N–H and O–H groups in total. The molecule has 2 aromatic rings. The van der Waals surface area contributed by atoms with Crippen LogP contribution in [0.5, 0.6) is 0 Å². The Balaban J connectivity index is 0.000000285. The van der Waals surface area contributed by atoms with E-state index in [-0.39, 0.29) is 12.0 Å². The van der Waals surface area contributed by atoms with Gasteiger partial charge in [0.2, 0.25) is 0 Å². The molecule has 2 heterocycles. The molecule has 13 nitrogen and oxygen atoms in total. The Bertz CT molecular complexity index is 1580. The minimum Gasteiger partial charge on any atom is -0.481 e. The molecule has 14 heteroatoms. The molecule has 3 aliphatic rings. The first kappa shape index (κ1) is 32.6. The van der Waals surface area contributed by atoms with Gasteiger partial charge in [0, 0.05) is 42.2 Å². The zero-order chi connectivity index (χ0) is 32.1. The van der Waals surface area contributed by atoms with E-state index in [4.69, 9.17) is 30.7 Å². The van der Waals surface area contributed by atoms with Crippen molar-refractivity contribution < 1.29 is 37.8 Å². The minimum atomic E-state index is -3.38. The third-order valence-corrected chi connectivity index (χ3v) is 10.2. The van der Waals surface area contributed by atoms with Gasteiger partial charge in [0.1, 0.15) is 10.6 Å². The van der Waals surface area contributed by atoms with Gasteiger partial charge in [-0.25, -0.2) is 28.0 Å². The standard InChI is InChI=1S/C21H27N5O4S.C9H10O4/c1-31(28,29)21(8-2-3-9-21)17-14-18(26-10-12-30-13-11-26)25-19(24-17)15-4-6-16(7-5-15)23-20(22)27;1-9(8(12)13)4-2-3-6(5-9)7(10)11/h4-7,14H,2-3,8-13H2,1H3,(H3,22,23,27);2-4H,5H2,1H3,(H,10,11)(H,12,13). The van der Waals surface area contributed by atoms with Crippen LogP contribution in [0.4, 0.5) is 16.3 Å². The van der Waals surface area contributed by atoms with Crippen molar-refractivity contribution >= 4 is 39.3 Å². The maximum Gasteiger partial charge on any atom is 0.331 e. The highest BCUT2D eigenvalue weighted by atomic mass is 32.2. The number of carbonyl (C=O) groups excluding carboxylic acids is 1. The first-order valence-corrected chi connectivity index (χ1v) is 16.1. The number of carboxylic acids is 2. The first-order valence-electron chi connectivity index (χ1n) is 14.2. The lowest BCUT2D eigenvalue weighted by Crippen LogP contribution is -2.38. The highest BCUT2D eigenvalue weighted by Gasteiger charge is 2.47. The van der Waals surface area contributed by atoms with Crippen LogP contribution in [0.1, 0.15) is 44.7 Å². The van der Waals surface area contributed by atoms with E-state index in [1.807, 2.05) is 6.07 Å². The number of aliphatic carboxylic acids is 2. The molecule has 1 saturated carbocycles. The predicted molar refractivity (Wildman–Crippen MR) is 164 cm³/mol. The topological polar surface area (TPSA) is 202 Å². The van der Waals surface area contributed by atoms with E-state index in [1.54, 1.807) is 24.3 Å². The molecule has 1 aromatic heterocycles. The summed E-state index contributed by atoms with van der Waals surface area (Å²) in [5, 5.41) is 20.0. The summed E-state index contributed by atoms with van der Waals surface area (Å²) in [6.45, 7) is 4.06. The Kier molecular flexibility index (Phi) is 9.74. The Labute approximate surface area is 255 Å². The molecule has 2 aliphatic carbocycles. The highest BCUT2D eigenvalue weighted by Crippen LogP contribution is 2.45. The normalized spacial score (nSPS) is 21.0. The Morgan fingerprint density at radius 1 is 1.05 bits per heavy atom. The van der Waals surface area contributed by atoms with Crippen molar-refractivity contribution in [1.82, 2.24) is 9.97 Å². The SMILES string of the molecule is CC1(C(=O)O)C=CC=C(C(=O)O)C1.CS(=O)(=O)C1(c2cc(N3CCOCC3)nc(-c3ccc(NC(N)=O)cc3)n2)CCCC1. The Hall–Kier alpha value is -4.30. The molecule has 1 saturated heterocycles. The van der Waals surface area contributed by atoms with Crippen LogP contribution in [0.25, 0.3) is 11.4 Å². The third kappa shape index (κ3) is 7.25. The second-order valence-electron chi connectivity index (χ2n) is 11.3. The van der Waals surface area contributed by atoms with Crippen molar-refractivity contribution in [3.63, 3.8) is 0 Å². The molecule has 5 rings (SSSR count). The fourth-order valence-corrected chi connectivity index (χ4v) is 7.06. The second-order valence-corrected chi connectivity index (χ2v) is 13.7. The fourth-order valence-electron chi connectivity index (χ4n) is 5.54. The minimum absolute atomic E-state index is 0.0359. The number of allylic oxidation sites excluding steroid dienone is 2. The van der Waals surface area contributed by atoms with Gasteiger partial charge in [0.25, 0.3) is 0 Å². The van der Waals surface area contributed by atoms with Crippen molar-refractivity contribution in [2.45, 2.75) is 43.8 Å². The number of hydrogen-bond acceptors (Lipinski definition) is 9. The van der Waals surface area contributed by atoms with Crippen molar-refractivity contribution in [2.24, 2.45) is 11.1 Å². The van der Waals surface area contributed by atoms with Crippen molar-refractivity contribution in [3.8, 4) is 11.4 Å². The number of carbonyl (C=O) groups is 3. The van der Waals surface area contributed by atoms with E-state index in [0.717, 1.165) is 18.4 Å². The highest BCUT2D eigenvalue weighted by molar-refractivity contribution is 7.91. The van der Waals surface area contributed by atoms with Crippen LogP contribution < -0.4 is 16.0 Å². The number of benzene rings is 1.